The molecule has 2 N–H and O–H groups in total. The van der Waals surface area contributed by atoms with E-state index in [9.17, 15) is 9.59 Å². The van der Waals surface area contributed by atoms with E-state index in [0.717, 1.165) is 24.2 Å². The Morgan fingerprint density at radius 3 is 2.54 bits per heavy atom. The maximum atomic E-state index is 12.5. The van der Waals surface area contributed by atoms with E-state index in [1.54, 1.807) is 22.8 Å². The number of carbonyl (C=O) groups is 1. The van der Waals surface area contributed by atoms with Gasteiger partial charge in [0, 0.05) is 24.3 Å². The molecule has 1 amide bonds. The van der Waals surface area contributed by atoms with Crippen molar-refractivity contribution in [2.24, 2.45) is 0 Å². The number of likely N-dealkylation sites (N-methyl/N-ethyl adjacent to an activating group) is 1. The fraction of sp³-hybridized carbons (Fsp3) is 0.300. The molecule has 0 bridgehead atoms. The lowest BCUT2D eigenvalue weighted by Gasteiger charge is -2.10. The Morgan fingerprint density at radius 1 is 1.15 bits per heavy atom. The summed E-state index contributed by atoms with van der Waals surface area (Å²) in [7, 11) is 4.10. The lowest BCUT2D eigenvalue weighted by molar-refractivity contribution is 0.102. The maximum absolute atomic E-state index is 12.5. The van der Waals surface area contributed by atoms with Gasteiger partial charge in [-0.05, 0) is 63.3 Å². The van der Waals surface area contributed by atoms with Crippen LogP contribution in [0.15, 0.2) is 47.3 Å². The number of hydrogen-bond donors (Lipinski definition) is 2. The lowest BCUT2D eigenvalue weighted by atomic mass is 10.1. The third-order valence-corrected chi connectivity index (χ3v) is 4.41. The van der Waals surface area contributed by atoms with Crippen LogP contribution < -0.4 is 11.0 Å². The van der Waals surface area contributed by atoms with Crippen molar-refractivity contribution in [2.45, 2.75) is 19.9 Å². The highest BCUT2D eigenvalue weighted by molar-refractivity contribution is 6.05. The number of anilines is 1. The summed E-state index contributed by atoms with van der Waals surface area (Å²) in [5.41, 5.74) is 3.81. The third kappa shape index (κ3) is 3.86. The standard InChI is InChI=1S/C20H24N4O2/c1-4-24-18-10-7-15(13-17(18)22-20(24)26)19(25)21-16-8-5-14(6-9-16)11-12-23(2)3/h5-10,13H,4,11-12H2,1-3H3,(H,21,25)(H,22,26). The summed E-state index contributed by atoms with van der Waals surface area (Å²) < 4.78 is 1.64. The van der Waals surface area contributed by atoms with Gasteiger partial charge in [0.25, 0.3) is 5.91 Å². The second-order valence-electron chi connectivity index (χ2n) is 6.61. The van der Waals surface area contributed by atoms with E-state index < -0.39 is 0 Å². The van der Waals surface area contributed by atoms with Crippen molar-refractivity contribution in [3.63, 3.8) is 0 Å². The molecule has 6 nitrogen and oxygen atoms in total. The number of benzene rings is 2. The predicted molar refractivity (Wildman–Crippen MR) is 105 cm³/mol. The van der Waals surface area contributed by atoms with Gasteiger partial charge in [-0.25, -0.2) is 4.79 Å². The molecule has 0 saturated carbocycles. The average Bonchev–Trinajstić information content (AvgIpc) is 2.95. The average molecular weight is 352 g/mol. The molecule has 0 atom stereocenters. The molecule has 26 heavy (non-hydrogen) atoms. The summed E-state index contributed by atoms with van der Waals surface area (Å²) in [5, 5.41) is 2.90. The number of imidazole rings is 1. The molecule has 0 unspecified atom stereocenters. The van der Waals surface area contributed by atoms with E-state index in [-0.39, 0.29) is 11.6 Å². The van der Waals surface area contributed by atoms with Gasteiger partial charge in [-0.15, -0.1) is 0 Å². The topological polar surface area (TPSA) is 70.1 Å². The SMILES string of the molecule is CCn1c(=O)[nH]c2cc(C(=O)Nc3ccc(CCN(C)C)cc3)ccc21. The summed E-state index contributed by atoms with van der Waals surface area (Å²) in [5.74, 6) is -0.196. The Balaban J connectivity index is 1.73. The van der Waals surface area contributed by atoms with Crippen molar-refractivity contribution in [1.29, 1.82) is 0 Å². The monoisotopic (exact) mass is 352 g/mol. The fourth-order valence-corrected chi connectivity index (χ4v) is 2.93. The van der Waals surface area contributed by atoms with Gasteiger partial charge >= 0.3 is 5.69 Å². The van der Waals surface area contributed by atoms with Gasteiger partial charge in [-0.3, -0.25) is 9.36 Å². The summed E-state index contributed by atoms with van der Waals surface area (Å²) in [6, 6.07) is 13.1. The molecule has 0 radical (unpaired) electrons. The van der Waals surface area contributed by atoms with Crippen LogP contribution in [-0.2, 0) is 13.0 Å². The Kier molecular flexibility index (Phi) is 5.23. The van der Waals surface area contributed by atoms with Crippen molar-refractivity contribution in [3.05, 3.63) is 64.1 Å². The minimum absolute atomic E-state index is 0.159. The molecule has 0 fully saturated rings. The minimum Gasteiger partial charge on any atom is -0.322 e. The summed E-state index contributed by atoms with van der Waals surface area (Å²) in [6.07, 6.45) is 0.972. The van der Waals surface area contributed by atoms with Crippen molar-refractivity contribution in [2.75, 3.05) is 26.0 Å². The Bertz CT molecular complexity index is 968. The number of H-pyrrole nitrogens is 1. The molecule has 1 heterocycles. The molecular weight excluding hydrogens is 328 g/mol. The number of aromatic amines is 1. The highest BCUT2D eigenvalue weighted by Crippen LogP contribution is 2.16. The van der Waals surface area contributed by atoms with E-state index >= 15 is 0 Å². The van der Waals surface area contributed by atoms with Crippen molar-refractivity contribution in [1.82, 2.24) is 14.5 Å². The van der Waals surface area contributed by atoms with Crippen LogP contribution in [0.1, 0.15) is 22.8 Å². The number of fused-ring (bicyclic) bond motifs is 1. The summed E-state index contributed by atoms with van der Waals surface area (Å²) >= 11 is 0. The van der Waals surface area contributed by atoms with Crippen LogP contribution in [0.4, 0.5) is 5.69 Å². The largest absolute Gasteiger partial charge is 0.326 e. The van der Waals surface area contributed by atoms with Gasteiger partial charge in [0.2, 0.25) is 0 Å². The second-order valence-corrected chi connectivity index (χ2v) is 6.61. The number of rotatable bonds is 6. The number of carbonyl (C=O) groups excluding carboxylic acids is 1. The first-order valence-electron chi connectivity index (χ1n) is 8.75. The Labute approximate surface area is 152 Å². The molecule has 0 saturated heterocycles. The van der Waals surface area contributed by atoms with Crippen LogP contribution in [0, 0.1) is 0 Å². The lowest BCUT2D eigenvalue weighted by Crippen LogP contribution is -2.15. The van der Waals surface area contributed by atoms with E-state index in [0.29, 0.717) is 17.6 Å². The third-order valence-electron chi connectivity index (χ3n) is 4.41. The molecular formula is C20H24N4O2. The molecule has 0 spiro atoms. The quantitative estimate of drug-likeness (QED) is 0.717. The highest BCUT2D eigenvalue weighted by atomic mass is 16.2. The molecule has 2 aromatic carbocycles. The van der Waals surface area contributed by atoms with Crippen LogP contribution in [0.2, 0.25) is 0 Å². The van der Waals surface area contributed by atoms with E-state index in [4.69, 9.17) is 0 Å². The highest BCUT2D eigenvalue weighted by Gasteiger charge is 2.10. The number of hydrogen-bond acceptors (Lipinski definition) is 3. The normalized spacial score (nSPS) is 11.2. The van der Waals surface area contributed by atoms with Gasteiger partial charge < -0.3 is 15.2 Å². The van der Waals surface area contributed by atoms with Crippen molar-refractivity contribution < 1.29 is 4.79 Å². The van der Waals surface area contributed by atoms with Crippen LogP contribution in [0.3, 0.4) is 0 Å². The fourth-order valence-electron chi connectivity index (χ4n) is 2.93. The van der Waals surface area contributed by atoms with Gasteiger partial charge in [-0.1, -0.05) is 12.1 Å². The molecule has 1 aromatic heterocycles. The Morgan fingerprint density at radius 2 is 1.88 bits per heavy atom. The number of nitrogens with one attached hydrogen (secondary N) is 2. The van der Waals surface area contributed by atoms with Crippen LogP contribution in [-0.4, -0.2) is 41.0 Å². The van der Waals surface area contributed by atoms with Gasteiger partial charge in [0.05, 0.1) is 11.0 Å². The Hall–Kier alpha value is -2.86. The van der Waals surface area contributed by atoms with Crippen molar-refractivity contribution >= 4 is 22.6 Å². The van der Waals surface area contributed by atoms with Crippen LogP contribution in [0.25, 0.3) is 11.0 Å². The molecule has 3 aromatic rings. The van der Waals surface area contributed by atoms with E-state index in [2.05, 4.69) is 15.2 Å². The number of aromatic nitrogens is 2. The zero-order valence-electron chi connectivity index (χ0n) is 15.4. The molecule has 0 aliphatic carbocycles. The first kappa shape index (κ1) is 17.9. The van der Waals surface area contributed by atoms with E-state index in [1.165, 1.54) is 5.56 Å². The predicted octanol–water partition coefficient (Wildman–Crippen LogP) is 2.71. The zero-order valence-corrected chi connectivity index (χ0v) is 15.4. The molecule has 136 valence electrons. The maximum Gasteiger partial charge on any atom is 0.326 e. The molecule has 3 rings (SSSR count). The summed E-state index contributed by atoms with van der Waals surface area (Å²) in [6.45, 7) is 3.49. The molecule has 6 heteroatoms. The van der Waals surface area contributed by atoms with Gasteiger partial charge in [0.1, 0.15) is 0 Å². The second kappa shape index (κ2) is 7.58. The number of amides is 1. The molecule has 0 aliphatic heterocycles. The first-order valence-corrected chi connectivity index (χ1v) is 8.75. The smallest absolute Gasteiger partial charge is 0.322 e. The van der Waals surface area contributed by atoms with Crippen molar-refractivity contribution in [3.8, 4) is 0 Å². The van der Waals surface area contributed by atoms with E-state index in [1.807, 2.05) is 45.3 Å². The summed E-state index contributed by atoms with van der Waals surface area (Å²) in [4.78, 5) is 29.3. The zero-order chi connectivity index (χ0) is 18.7. The molecule has 0 aliphatic rings. The number of aryl methyl sites for hydroxylation is 1. The first-order chi connectivity index (χ1) is 12.5. The van der Waals surface area contributed by atoms with Gasteiger partial charge in [-0.2, -0.15) is 0 Å². The van der Waals surface area contributed by atoms with Gasteiger partial charge in [0.15, 0.2) is 0 Å². The van der Waals surface area contributed by atoms with Crippen LogP contribution >= 0.6 is 0 Å². The van der Waals surface area contributed by atoms with Crippen LogP contribution in [0.5, 0.6) is 0 Å². The number of nitrogens with zero attached hydrogens (tertiary/aromatic N) is 2. The minimum atomic E-state index is -0.196.